The summed E-state index contributed by atoms with van der Waals surface area (Å²) >= 11 is 0. The van der Waals surface area contributed by atoms with Gasteiger partial charge < -0.3 is 4.74 Å². The van der Waals surface area contributed by atoms with E-state index in [2.05, 4.69) is 4.99 Å². The maximum Gasteiger partial charge on any atom is 0.333 e. The Morgan fingerprint density at radius 2 is 2.18 bits per heavy atom. The van der Waals surface area contributed by atoms with Crippen LogP contribution in [-0.2, 0) is 9.53 Å². The van der Waals surface area contributed by atoms with Crippen molar-refractivity contribution in [3.05, 3.63) is 0 Å². The van der Waals surface area contributed by atoms with Crippen LogP contribution in [0, 0.1) is 0 Å². The maximum absolute atomic E-state index is 12.1. The van der Waals surface area contributed by atoms with Crippen molar-refractivity contribution < 1.29 is 18.9 Å². The zero-order chi connectivity index (χ0) is 12.2. The Bertz CT molecular complexity index is 466. The van der Waals surface area contributed by atoms with Gasteiger partial charge in [-0.3, -0.25) is 14.6 Å². The van der Waals surface area contributed by atoms with E-state index < -0.39 is 6.04 Å². The standard InChI is InChI=1S/C10H13N4O3/c1-12-8-7(9(15)13(2)10(12)16)14(5-11-8)3-6-4-17-6/h5-7H,3-4H2,1-2H3/q+1. The monoisotopic (exact) mass is 237 g/mol. The first-order valence-electron chi connectivity index (χ1n) is 5.43. The van der Waals surface area contributed by atoms with E-state index in [4.69, 9.17) is 4.74 Å². The van der Waals surface area contributed by atoms with Gasteiger partial charge in [-0.15, -0.1) is 0 Å². The largest absolute Gasteiger partial charge is 0.369 e. The van der Waals surface area contributed by atoms with Crippen LogP contribution >= 0.6 is 0 Å². The molecule has 3 heterocycles. The van der Waals surface area contributed by atoms with Crippen LogP contribution in [0.25, 0.3) is 0 Å². The fourth-order valence-corrected chi connectivity index (χ4v) is 2.10. The molecule has 0 bridgehead atoms. The lowest BCUT2D eigenvalue weighted by Crippen LogP contribution is -2.61. The van der Waals surface area contributed by atoms with Gasteiger partial charge in [0.2, 0.25) is 0 Å². The van der Waals surface area contributed by atoms with Crippen molar-refractivity contribution in [2.24, 2.45) is 4.99 Å². The highest BCUT2D eigenvalue weighted by Crippen LogP contribution is 2.19. The predicted molar refractivity (Wildman–Crippen MR) is 58.1 cm³/mol. The average molecular weight is 237 g/mol. The van der Waals surface area contributed by atoms with Crippen molar-refractivity contribution in [1.29, 1.82) is 0 Å². The maximum atomic E-state index is 12.1. The topological polar surface area (TPSA) is 68.5 Å². The van der Waals surface area contributed by atoms with Crippen molar-refractivity contribution in [1.82, 2.24) is 9.80 Å². The number of hydrogen-bond donors (Lipinski definition) is 0. The average Bonchev–Trinajstić information content (AvgIpc) is 3.02. The van der Waals surface area contributed by atoms with Crippen LogP contribution in [0.5, 0.6) is 0 Å². The normalized spacial score (nSPS) is 31.4. The minimum atomic E-state index is -0.480. The molecule has 90 valence electrons. The van der Waals surface area contributed by atoms with E-state index in [1.807, 2.05) is 4.58 Å². The molecule has 0 aliphatic carbocycles. The van der Waals surface area contributed by atoms with Crippen molar-refractivity contribution in [2.45, 2.75) is 12.1 Å². The summed E-state index contributed by atoms with van der Waals surface area (Å²) in [6, 6.07) is -0.824. The Labute approximate surface area is 98.0 Å². The second kappa shape index (κ2) is 3.36. The molecule has 0 spiro atoms. The zero-order valence-corrected chi connectivity index (χ0v) is 9.66. The highest BCUT2D eigenvalue weighted by atomic mass is 16.6. The fourth-order valence-electron chi connectivity index (χ4n) is 2.10. The molecule has 0 aromatic rings. The van der Waals surface area contributed by atoms with Gasteiger partial charge in [-0.05, 0) is 4.99 Å². The number of ether oxygens (including phenoxy) is 1. The third kappa shape index (κ3) is 1.46. The van der Waals surface area contributed by atoms with Gasteiger partial charge in [-0.25, -0.2) is 9.37 Å². The first-order chi connectivity index (χ1) is 8.09. The van der Waals surface area contributed by atoms with E-state index in [0.717, 1.165) is 11.5 Å². The number of amides is 3. The molecule has 0 aromatic carbocycles. The molecule has 7 nitrogen and oxygen atoms in total. The van der Waals surface area contributed by atoms with E-state index in [-0.39, 0.29) is 18.0 Å². The third-order valence-corrected chi connectivity index (χ3v) is 3.21. The quantitative estimate of drug-likeness (QED) is 0.444. The van der Waals surface area contributed by atoms with Gasteiger partial charge in [-0.2, -0.15) is 0 Å². The summed E-state index contributed by atoms with van der Waals surface area (Å²) in [7, 11) is 3.12. The Morgan fingerprint density at radius 1 is 1.47 bits per heavy atom. The van der Waals surface area contributed by atoms with E-state index in [0.29, 0.717) is 12.4 Å². The number of urea groups is 1. The molecule has 7 heteroatoms. The predicted octanol–water partition coefficient (Wildman–Crippen LogP) is -1.27. The molecule has 3 aliphatic heterocycles. The molecular formula is C10H13N4O3+. The molecule has 17 heavy (non-hydrogen) atoms. The zero-order valence-electron chi connectivity index (χ0n) is 9.66. The van der Waals surface area contributed by atoms with E-state index in [1.165, 1.54) is 11.9 Å². The lowest BCUT2D eigenvalue weighted by Gasteiger charge is -2.30. The molecule has 2 fully saturated rings. The second-order valence-electron chi connectivity index (χ2n) is 4.40. The number of hydrogen-bond acceptors (Lipinski definition) is 4. The molecule has 2 atom stereocenters. The first kappa shape index (κ1) is 10.4. The van der Waals surface area contributed by atoms with Gasteiger partial charge in [0, 0.05) is 14.1 Å². The van der Waals surface area contributed by atoms with Crippen LogP contribution in [0.4, 0.5) is 4.79 Å². The molecule has 2 unspecified atom stereocenters. The van der Waals surface area contributed by atoms with Crippen LogP contribution in [0.3, 0.4) is 0 Å². The first-order valence-corrected chi connectivity index (χ1v) is 5.43. The van der Waals surface area contributed by atoms with Crippen LogP contribution < -0.4 is 0 Å². The molecule has 3 rings (SSSR count). The van der Waals surface area contributed by atoms with Crippen LogP contribution in [-0.4, -0.2) is 77.9 Å². The number of epoxide rings is 1. The lowest BCUT2D eigenvalue weighted by atomic mass is 10.1. The molecule has 3 aliphatic rings. The van der Waals surface area contributed by atoms with Crippen LogP contribution in [0.1, 0.15) is 0 Å². The summed E-state index contributed by atoms with van der Waals surface area (Å²) in [5.74, 6) is 0.264. The van der Waals surface area contributed by atoms with Crippen LogP contribution in [0.15, 0.2) is 4.99 Å². The van der Waals surface area contributed by atoms with Gasteiger partial charge >= 0.3 is 6.03 Å². The summed E-state index contributed by atoms with van der Waals surface area (Å²) < 4.78 is 6.97. The third-order valence-electron chi connectivity index (χ3n) is 3.21. The number of imide groups is 1. The second-order valence-corrected chi connectivity index (χ2v) is 4.40. The molecule has 0 N–H and O–H groups in total. The SMILES string of the molecule is CN1C(=O)C2C(=NC=[N+]2CC2CO2)N(C)C1=O. The Kier molecular flexibility index (Phi) is 2.06. The van der Waals surface area contributed by atoms with Crippen molar-refractivity contribution in [3.63, 3.8) is 0 Å². The number of fused-ring (bicyclic) bond motifs is 1. The molecular weight excluding hydrogens is 224 g/mol. The minimum Gasteiger partial charge on any atom is -0.369 e. The van der Waals surface area contributed by atoms with Gasteiger partial charge in [-0.1, -0.05) is 0 Å². The molecule has 2 saturated heterocycles. The summed E-state index contributed by atoms with van der Waals surface area (Å²) in [5.41, 5.74) is 0. The van der Waals surface area contributed by atoms with Crippen molar-refractivity contribution >= 4 is 24.1 Å². The Balaban J connectivity index is 1.88. The van der Waals surface area contributed by atoms with Crippen molar-refractivity contribution in [2.75, 3.05) is 27.2 Å². The highest BCUT2D eigenvalue weighted by Gasteiger charge is 2.51. The number of likely N-dealkylation sites (N-methyl/N-ethyl adjacent to an activating group) is 2. The van der Waals surface area contributed by atoms with Crippen molar-refractivity contribution in [3.8, 4) is 0 Å². The fraction of sp³-hybridized carbons (Fsp3) is 0.600. The van der Waals surface area contributed by atoms with Gasteiger partial charge in [0.25, 0.3) is 24.1 Å². The van der Waals surface area contributed by atoms with E-state index in [9.17, 15) is 9.59 Å². The van der Waals surface area contributed by atoms with E-state index >= 15 is 0 Å². The highest BCUT2D eigenvalue weighted by molar-refractivity contribution is 6.21. The molecule has 0 saturated carbocycles. The number of nitrogens with zero attached hydrogens (tertiary/aromatic N) is 4. The smallest absolute Gasteiger partial charge is 0.333 e. The Hall–Kier alpha value is -1.76. The Morgan fingerprint density at radius 3 is 2.82 bits per heavy atom. The molecule has 3 amide bonds. The summed E-state index contributed by atoms with van der Waals surface area (Å²) in [6.07, 6.45) is 1.80. The summed E-state index contributed by atoms with van der Waals surface area (Å²) in [5, 5.41) is 0. The molecule has 0 aromatic heterocycles. The number of carbonyl (C=O) groups excluding carboxylic acids is 2. The van der Waals surface area contributed by atoms with E-state index in [1.54, 1.807) is 13.4 Å². The van der Waals surface area contributed by atoms with Gasteiger partial charge in [0.15, 0.2) is 0 Å². The van der Waals surface area contributed by atoms with Gasteiger partial charge in [0.1, 0.15) is 12.6 Å². The lowest BCUT2D eigenvalue weighted by molar-refractivity contribution is -0.532. The number of rotatable bonds is 2. The van der Waals surface area contributed by atoms with Crippen LogP contribution in [0.2, 0.25) is 0 Å². The number of aliphatic imine (C=N–C) groups is 1. The summed E-state index contributed by atoms with van der Waals surface area (Å²) in [4.78, 5) is 30.5. The summed E-state index contributed by atoms with van der Waals surface area (Å²) in [6.45, 7) is 1.37. The minimum absolute atomic E-state index is 0.182. The number of amidine groups is 1. The molecule has 0 radical (unpaired) electrons. The number of carbonyl (C=O) groups is 2. The van der Waals surface area contributed by atoms with Gasteiger partial charge in [0.05, 0.1) is 6.61 Å².